The normalized spacial score (nSPS) is 12.0. The van der Waals surface area contributed by atoms with Gasteiger partial charge in [-0.3, -0.25) is 4.79 Å². The Hall–Kier alpha value is -2.89. The Balaban J connectivity index is 1.45. The van der Waals surface area contributed by atoms with Crippen LogP contribution in [-0.4, -0.2) is 33.7 Å². The summed E-state index contributed by atoms with van der Waals surface area (Å²) >= 11 is 0. The molecule has 3 rings (SSSR count). The van der Waals surface area contributed by atoms with Gasteiger partial charge in [-0.15, -0.1) is 5.10 Å². The van der Waals surface area contributed by atoms with E-state index in [1.165, 1.54) is 10.4 Å². The Bertz CT molecular complexity index is 801. The predicted octanol–water partition coefficient (Wildman–Crippen LogP) is 2.00. The molecule has 0 fully saturated rings. The number of benzene rings is 2. The monoisotopic (exact) mass is 324 g/mol. The second-order valence-electron chi connectivity index (χ2n) is 5.72. The minimum absolute atomic E-state index is 0.0776. The Morgan fingerprint density at radius 3 is 2.75 bits per heavy atom. The van der Waals surface area contributed by atoms with Crippen LogP contribution in [0.1, 0.15) is 18.9 Å². The smallest absolute Gasteiger partial charge is 0.260 e. The highest BCUT2D eigenvalue weighted by atomic mass is 16.7. The van der Waals surface area contributed by atoms with E-state index in [-0.39, 0.29) is 18.6 Å². The van der Waals surface area contributed by atoms with Crippen LogP contribution in [0, 0.1) is 0 Å². The molecule has 3 aromatic rings. The lowest BCUT2D eigenvalue weighted by Gasteiger charge is -2.14. The molecule has 6 nitrogen and oxygen atoms in total. The van der Waals surface area contributed by atoms with E-state index in [2.05, 4.69) is 27.8 Å². The molecule has 6 heteroatoms. The van der Waals surface area contributed by atoms with Crippen molar-refractivity contribution in [1.82, 2.24) is 20.5 Å². The second-order valence-corrected chi connectivity index (χ2v) is 5.72. The van der Waals surface area contributed by atoms with Crippen LogP contribution in [0.25, 0.3) is 11.0 Å². The van der Waals surface area contributed by atoms with Crippen LogP contribution in [-0.2, 0) is 11.2 Å². The number of aromatic nitrogens is 3. The number of fused-ring (bicyclic) bond motifs is 1. The van der Waals surface area contributed by atoms with E-state index >= 15 is 0 Å². The fourth-order valence-electron chi connectivity index (χ4n) is 2.48. The molecule has 0 aliphatic rings. The van der Waals surface area contributed by atoms with E-state index in [1.807, 2.05) is 49.4 Å². The van der Waals surface area contributed by atoms with E-state index in [0.29, 0.717) is 0 Å². The van der Waals surface area contributed by atoms with E-state index in [1.54, 1.807) is 0 Å². The molecular formula is C18H20N4O2. The first kappa shape index (κ1) is 16.0. The molecule has 0 radical (unpaired) electrons. The van der Waals surface area contributed by atoms with Gasteiger partial charge in [-0.25, -0.2) is 0 Å². The highest BCUT2D eigenvalue weighted by Crippen LogP contribution is 2.08. The lowest BCUT2D eigenvalue weighted by Crippen LogP contribution is -2.38. The highest BCUT2D eigenvalue weighted by Gasteiger charge is 2.10. The van der Waals surface area contributed by atoms with E-state index in [4.69, 9.17) is 4.84 Å². The molecule has 0 saturated carbocycles. The van der Waals surface area contributed by atoms with Gasteiger partial charge in [0.1, 0.15) is 11.0 Å². The second kappa shape index (κ2) is 7.59. The molecule has 0 aliphatic heterocycles. The van der Waals surface area contributed by atoms with Crippen LogP contribution in [0.3, 0.4) is 0 Å². The molecule has 0 bridgehead atoms. The zero-order valence-electron chi connectivity index (χ0n) is 13.6. The summed E-state index contributed by atoms with van der Waals surface area (Å²) < 4.78 is 0. The molecule has 1 heterocycles. The third-order valence-corrected chi connectivity index (χ3v) is 3.76. The quantitative estimate of drug-likeness (QED) is 0.722. The first-order valence-electron chi connectivity index (χ1n) is 7.99. The van der Waals surface area contributed by atoms with Gasteiger partial charge in [-0.2, -0.15) is 0 Å². The number of nitrogens with one attached hydrogen (secondary N) is 1. The van der Waals surface area contributed by atoms with Gasteiger partial charge in [-0.05, 0) is 42.7 Å². The lowest BCUT2D eigenvalue weighted by molar-refractivity contribution is -0.126. The number of rotatable bonds is 7. The van der Waals surface area contributed by atoms with Gasteiger partial charge in [0.2, 0.25) is 0 Å². The van der Waals surface area contributed by atoms with Gasteiger partial charge in [0.25, 0.3) is 5.91 Å². The van der Waals surface area contributed by atoms with E-state index in [0.717, 1.165) is 23.9 Å². The maximum Gasteiger partial charge on any atom is 0.260 e. The summed E-state index contributed by atoms with van der Waals surface area (Å²) in [7, 11) is 0. The third-order valence-electron chi connectivity index (χ3n) is 3.76. The molecule has 2 aromatic carbocycles. The number of hydrogen-bond acceptors (Lipinski definition) is 4. The summed E-state index contributed by atoms with van der Waals surface area (Å²) in [5.74, 6) is -0.171. The summed E-state index contributed by atoms with van der Waals surface area (Å²) in [6.07, 6.45) is 1.80. The zero-order chi connectivity index (χ0) is 16.8. The SMILES string of the molecule is C[C@H](CCc1ccccc1)NC(=O)COn1nnc2ccccc21. The molecule has 1 N–H and O–H groups in total. The van der Waals surface area contributed by atoms with Crippen molar-refractivity contribution in [3.8, 4) is 0 Å². The predicted molar refractivity (Wildman–Crippen MR) is 91.3 cm³/mol. The van der Waals surface area contributed by atoms with Crippen LogP contribution in [0.2, 0.25) is 0 Å². The van der Waals surface area contributed by atoms with Crippen molar-refractivity contribution in [2.75, 3.05) is 6.61 Å². The topological polar surface area (TPSA) is 69.0 Å². The number of hydrogen-bond donors (Lipinski definition) is 1. The van der Waals surface area contributed by atoms with Crippen molar-refractivity contribution in [1.29, 1.82) is 0 Å². The van der Waals surface area contributed by atoms with Gasteiger partial charge < -0.3 is 10.2 Å². The zero-order valence-corrected chi connectivity index (χ0v) is 13.6. The van der Waals surface area contributed by atoms with Gasteiger partial charge >= 0.3 is 0 Å². The maximum absolute atomic E-state index is 12.0. The first-order valence-corrected chi connectivity index (χ1v) is 7.99. The van der Waals surface area contributed by atoms with Crippen molar-refractivity contribution in [3.63, 3.8) is 0 Å². The average Bonchev–Trinajstić information content (AvgIpc) is 3.02. The van der Waals surface area contributed by atoms with E-state index < -0.39 is 0 Å². The van der Waals surface area contributed by atoms with Crippen molar-refractivity contribution < 1.29 is 9.63 Å². The summed E-state index contributed by atoms with van der Waals surface area (Å²) in [5.41, 5.74) is 2.74. The molecule has 1 atom stereocenters. The number of para-hydroxylation sites is 1. The molecule has 0 saturated heterocycles. The molecule has 1 aromatic heterocycles. The molecule has 124 valence electrons. The van der Waals surface area contributed by atoms with Crippen molar-refractivity contribution in [3.05, 3.63) is 60.2 Å². The van der Waals surface area contributed by atoms with Crippen LogP contribution in [0.4, 0.5) is 0 Å². The van der Waals surface area contributed by atoms with Crippen LogP contribution >= 0.6 is 0 Å². The first-order chi connectivity index (χ1) is 11.7. The molecular weight excluding hydrogens is 304 g/mol. The highest BCUT2D eigenvalue weighted by molar-refractivity contribution is 5.78. The summed E-state index contributed by atoms with van der Waals surface area (Å²) in [5, 5.41) is 10.8. The van der Waals surface area contributed by atoms with Crippen molar-refractivity contribution in [2.24, 2.45) is 0 Å². The maximum atomic E-state index is 12.0. The molecule has 0 spiro atoms. The number of nitrogens with zero attached hydrogens (tertiary/aromatic N) is 3. The van der Waals surface area contributed by atoms with Gasteiger partial charge in [-0.1, -0.05) is 47.3 Å². The number of amides is 1. The Morgan fingerprint density at radius 1 is 1.17 bits per heavy atom. The Kier molecular flexibility index (Phi) is 5.05. The summed E-state index contributed by atoms with van der Waals surface area (Å²) in [4.78, 5) is 18.7. The largest absolute Gasteiger partial charge is 0.385 e. The van der Waals surface area contributed by atoms with Gasteiger partial charge in [0.05, 0.1) is 0 Å². The van der Waals surface area contributed by atoms with Crippen LogP contribution in [0.5, 0.6) is 0 Å². The number of carbonyl (C=O) groups is 1. The molecule has 1 amide bonds. The fraction of sp³-hybridized carbons (Fsp3) is 0.278. The molecule has 0 unspecified atom stereocenters. The van der Waals surface area contributed by atoms with Crippen molar-refractivity contribution in [2.45, 2.75) is 25.8 Å². The van der Waals surface area contributed by atoms with E-state index in [9.17, 15) is 4.79 Å². The summed E-state index contributed by atoms with van der Waals surface area (Å²) in [6.45, 7) is 1.90. The molecule has 24 heavy (non-hydrogen) atoms. The average molecular weight is 324 g/mol. The van der Waals surface area contributed by atoms with Crippen LogP contribution in [0.15, 0.2) is 54.6 Å². The summed E-state index contributed by atoms with van der Waals surface area (Å²) in [6, 6.07) is 17.7. The Morgan fingerprint density at radius 2 is 1.92 bits per heavy atom. The Labute approximate surface area is 140 Å². The van der Waals surface area contributed by atoms with Gasteiger partial charge in [0, 0.05) is 6.04 Å². The third kappa shape index (κ3) is 4.10. The van der Waals surface area contributed by atoms with Crippen LogP contribution < -0.4 is 10.2 Å². The minimum atomic E-state index is -0.171. The standard InChI is InChI=1S/C18H20N4O2/c1-14(11-12-15-7-3-2-4-8-15)19-18(23)13-24-22-17-10-6-5-9-16(17)20-21-22/h2-10,14H,11-13H2,1H3,(H,19,23)/t14-/m1/s1. The number of carbonyl (C=O) groups excluding carboxylic acids is 1. The van der Waals surface area contributed by atoms with Gasteiger partial charge in [0.15, 0.2) is 6.61 Å². The molecule has 0 aliphatic carbocycles. The van der Waals surface area contributed by atoms with Crippen molar-refractivity contribution >= 4 is 16.9 Å². The fourth-order valence-corrected chi connectivity index (χ4v) is 2.48. The number of aryl methyl sites for hydroxylation is 1. The lowest BCUT2D eigenvalue weighted by atomic mass is 10.1. The minimum Gasteiger partial charge on any atom is -0.385 e.